The van der Waals surface area contributed by atoms with Crippen molar-refractivity contribution in [2.75, 3.05) is 13.1 Å². The zero-order valence-electron chi connectivity index (χ0n) is 10.0. The molecular formula is C12H20N2O3. The molecule has 0 radical (unpaired) electrons. The third kappa shape index (κ3) is 2.60. The minimum absolute atomic E-state index is 0.0759. The molecule has 5 nitrogen and oxygen atoms in total. The van der Waals surface area contributed by atoms with Crippen LogP contribution in [-0.4, -0.2) is 30.6 Å². The molecule has 2 aliphatic rings. The van der Waals surface area contributed by atoms with Crippen molar-refractivity contribution in [2.24, 2.45) is 11.7 Å². The molecule has 5 heteroatoms. The molecule has 1 saturated heterocycles. The Morgan fingerprint density at radius 3 is 2.29 bits per heavy atom. The van der Waals surface area contributed by atoms with Gasteiger partial charge in [-0.3, -0.25) is 9.59 Å². The van der Waals surface area contributed by atoms with E-state index in [1.807, 2.05) is 0 Å². The van der Waals surface area contributed by atoms with Gasteiger partial charge in [-0.05, 0) is 51.6 Å². The third-order valence-electron chi connectivity index (χ3n) is 3.83. The maximum absolute atomic E-state index is 12.0. The minimum atomic E-state index is -1.01. The maximum atomic E-state index is 12.0. The van der Waals surface area contributed by atoms with Gasteiger partial charge in [-0.1, -0.05) is 0 Å². The summed E-state index contributed by atoms with van der Waals surface area (Å²) >= 11 is 0. The van der Waals surface area contributed by atoms with Gasteiger partial charge in [0.05, 0.1) is 5.92 Å². The summed E-state index contributed by atoms with van der Waals surface area (Å²) in [6.07, 6.45) is 4.55. The Morgan fingerprint density at radius 2 is 1.76 bits per heavy atom. The molecular weight excluding hydrogens is 220 g/mol. The van der Waals surface area contributed by atoms with Crippen LogP contribution in [0, 0.1) is 5.92 Å². The predicted molar refractivity (Wildman–Crippen MR) is 62.1 cm³/mol. The second-order valence-electron chi connectivity index (χ2n) is 5.01. The van der Waals surface area contributed by atoms with E-state index in [0.717, 1.165) is 38.8 Å². The molecule has 0 aromatic heterocycles. The van der Waals surface area contributed by atoms with E-state index in [4.69, 9.17) is 10.5 Å². The van der Waals surface area contributed by atoms with Crippen LogP contribution in [0.15, 0.2) is 0 Å². The number of hydrogen-bond donors (Lipinski definition) is 2. The monoisotopic (exact) mass is 240 g/mol. The third-order valence-corrected chi connectivity index (χ3v) is 3.83. The highest BCUT2D eigenvalue weighted by Gasteiger charge is 2.44. The summed E-state index contributed by atoms with van der Waals surface area (Å²) in [5, 5.41) is 3.20. The largest absolute Gasteiger partial charge is 0.449 e. The van der Waals surface area contributed by atoms with Crippen molar-refractivity contribution in [3.8, 4) is 0 Å². The minimum Gasteiger partial charge on any atom is -0.449 e. The van der Waals surface area contributed by atoms with Crippen LogP contribution in [0.5, 0.6) is 0 Å². The highest BCUT2D eigenvalue weighted by Crippen LogP contribution is 2.34. The lowest BCUT2D eigenvalue weighted by atomic mass is 9.96. The molecule has 0 bridgehead atoms. The van der Waals surface area contributed by atoms with Gasteiger partial charge in [-0.15, -0.1) is 0 Å². The number of ether oxygens (including phenoxy) is 1. The standard InChI is InChI=1S/C12H20N2O3/c13-11(16)12(5-1-2-6-12)17-10(15)9-3-7-14-8-4-9/h9,14H,1-8H2,(H2,13,16). The van der Waals surface area contributed by atoms with Gasteiger partial charge >= 0.3 is 5.97 Å². The zero-order valence-corrected chi connectivity index (χ0v) is 10.0. The van der Waals surface area contributed by atoms with Gasteiger partial charge in [0.2, 0.25) is 0 Å². The molecule has 0 aromatic rings. The van der Waals surface area contributed by atoms with Gasteiger partial charge < -0.3 is 15.8 Å². The molecule has 96 valence electrons. The van der Waals surface area contributed by atoms with E-state index in [2.05, 4.69) is 5.32 Å². The van der Waals surface area contributed by atoms with Gasteiger partial charge in [0.1, 0.15) is 0 Å². The Kier molecular flexibility index (Phi) is 3.66. The van der Waals surface area contributed by atoms with Crippen LogP contribution in [0.4, 0.5) is 0 Å². The SMILES string of the molecule is NC(=O)C1(OC(=O)C2CCNCC2)CCCC1. The van der Waals surface area contributed by atoms with Crippen molar-refractivity contribution in [1.29, 1.82) is 0 Å². The van der Waals surface area contributed by atoms with Crippen LogP contribution in [0.3, 0.4) is 0 Å². The van der Waals surface area contributed by atoms with E-state index in [1.165, 1.54) is 0 Å². The Balaban J connectivity index is 1.98. The van der Waals surface area contributed by atoms with Crippen LogP contribution >= 0.6 is 0 Å². The highest BCUT2D eigenvalue weighted by molar-refractivity contribution is 5.87. The molecule has 0 aromatic carbocycles. The van der Waals surface area contributed by atoms with E-state index in [-0.39, 0.29) is 11.9 Å². The molecule has 1 aliphatic heterocycles. The average molecular weight is 240 g/mol. The number of primary amides is 1. The van der Waals surface area contributed by atoms with E-state index < -0.39 is 11.5 Å². The van der Waals surface area contributed by atoms with Gasteiger partial charge in [-0.2, -0.15) is 0 Å². The first-order chi connectivity index (χ1) is 8.14. The summed E-state index contributed by atoms with van der Waals surface area (Å²) in [5.74, 6) is -0.808. The van der Waals surface area contributed by atoms with Crippen molar-refractivity contribution in [3.05, 3.63) is 0 Å². The molecule has 1 saturated carbocycles. The second kappa shape index (κ2) is 5.04. The molecule has 1 amide bonds. The molecule has 17 heavy (non-hydrogen) atoms. The Hall–Kier alpha value is -1.10. The lowest BCUT2D eigenvalue weighted by Crippen LogP contribution is -2.47. The Labute approximate surface area is 101 Å². The van der Waals surface area contributed by atoms with Crippen LogP contribution in [0.2, 0.25) is 0 Å². The molecule has 1 aliphatic carbocycles. The first-order valence-electron chi connectivity index (χ1n) is 6.37. The van der Waals surface area contributed by atoms with E-state index >= 15 is 0 Å². The number of carbonyl (C=O) groups is 2. The molecule has 0 spiro atoms. The van der Waals surface area contributed by atoms with Crippen molar-refractivity contribution >= 4 is 11.9 Å². The zero-order chi connectivity index (χ0) is 12.3. The van der Waals surface area contributed by atoms with E-state index in [0.29, 0.717) is 12.8 Å². The van der Waals surface area contributed by atoms with Crippen molar-refractivity contribution in [1.82, 2.24) is 5.32 Å². The van der Waals surface area contributed by atoms with Gasteiger partial charge in [-0.25, -0.2) is 0 Å². The van der Waals surface area contributed by atoms with Crippen molar-refractivity contribution in [3.63, 3.8) is 0 Å². The number of piperidine rings is 1. The molecule has 2 rings (SSSR count). The average Bonchev–Trinajstić information content (AvgIpc) is 2.80. The normalized spacial score (nSPS) is 24.5. The topological polar surface area (TPSA) is 81.4 Å². The number of nitrogens with one attached hydrogen (secondary N) is 1. The van der Waals surface area contributed by atoms with Gasteiger partial charge in [0.25, 0.3) is 5.91 Å². The van der Waals surface area contributed by atoms with E-state index in [1.54, 1.807) is 0 Å². The fourth-order valence-electron chi connectivity index (χ4n) is 2.68. The van der Waals surface area contributed by atoms with Crippen molar-refractivity contribution in [2.45, 2.75) is 44.1 Å². The number of carbonyl (C=O) groups excluding carboxylic acids is 2. The van der Waals surface area contributed by atoms with Crippen molar-refractivity contribution < 1.29 is 14.3 Å². The predicted octanol–water partition coefficient (Wildman–Crippen LogP) is 0.327. The van der Waals surface area contributed by atoms with Crippen LogP contribution in [0.25, 0.3) is 0 Å². The molecule has 0 unspecified atom stereocenters. The lowest BCUT2D eigenvalue weighted by Gasteiger charge is -2.29. The number of amides is 1. The summed E-state index contributed by atoms with van der Waals surface area (Å²) in [5.41, 5.74) is 4.37. The molecule has 2 fully saturated rings. The summed E-state index contributed by atoms with van der Waals surface area (Å²) in [6.45, 7) is 1.67. The number of rotatable bonds is 3. The fraction of sp³-hybridized carbons (Fsp3) is 0.833. The van der Waals surface area contributed by atoms with Crippen LogP contribution < -0.4 is 11.1 Å². The van der Waals surface area contributed by atoms with Crippen LogP contribution in [-0.2, 0) is 14.3 Å². The van der Waals surface area contributed by atoms with Crippen LogP contribution in [0.1, 0.15) is 38.5 Å². The van der Waals surface area contributed by atoms with Gasteiger partial charge in [0.15, 0.2) is 5.60 Å². The smallest absolute Gasteiger partial charge is 0.310 e. The second-order valence-corrected chi connectivity index (χ2v) is 5.01. The quantitative estimate of drug-likeness (QED) is 0.696. The fourth-order valence-corrected chi connectivity index (χ4v) is 2.68. The number of nitrogens with two attached hydrogens (primary N) is 1. The number of hydrogen-bond acceptors (Lipinski definition) is 4. The highest BCUT2D eigenvalue weighted by atomic mass is 16.6. The first-order valence-corrected chi connectivity index (χ1v) is 6.37. The number of esters is 1. The lowest BCUT2D eigenvalue weighted by molar-refractivity contribution is -0.171. The maximum Gasteiger partial charge on any atom is 0.310 e. The molecule has 3 N–H and O–H groups in total. The summed E-state index contributed by atoms with van der Waals surface area (Å²) in [7, 11) is 0. The summed E-state index contributed by atoms with van der Waals surface area (Å²) in [6, 6.07) is 0. The summed E-state index contributed by atoms with van der Waals surface area (Å²) in [4.78, 5) is 23.5. The summed E-state index contributed by atoms with van der Waals surface area (Å²) < 4.78 is 5.46. The molecule has 1 heterocycles. The van der Waals surface area contributed by atoms with E-state index in [9.17, 15) is 9.59 Å². The Bertz CT molecular complexity index is 305. The molecule has 0 atom stereocenters. The Morgan fingerprint density at radius 1 is 1.18 bits per heavy atom. The first kappa shape index (κ1) is 12.4. The van der Waals surface area contributed by atoms with Gasteiger partial charge in [0, 0.05) is 0 Å².